The first-order chi connectivity index (χ1) is 8.09. The van der Waals surface area contributed by atoms with E-state index in [1.165, 1.54) is 6.07 Å². The van der Waals surface area contributed by atoms with E-state index in [2.05, 4.69) is 4.98 Å². The number of hydrogen-bond acceptors (Lipinski definition) is 3. The van der Waals surface area contributed by atoms with Crippen molar-refractivity contribution >= 4 is 11.8 Å². The number of carbonyl (C=O) groups is 2. The number of carbonyl (C=O) groups excluding carboxylic acids is 2. The summed E-state index contributed by atoms with van der Waals surface area (Å²) in [6.45, 7) is 2.77. The van der Waals surface area contributed by atoms with Gasteiger partial charge in [0.15, 0.2) is 0 Å². The molecule has 0 radical (unpaired) electrons. The van der Waals surface area contributed by atoms with E-state index in [1.807, 2.05) is 6.92 Å². The number of nitrogens with zero attached hydrogens (tertiary/aromatic N) is 2. The lowest BCUT2D eigenvalue weighted by atomic mass is 10.2. The Labute approximate surface area is 99.6 Å². The monoisotopic (exact) mass is 233 g/mol. The van der Waals surface area contributed by atoms with E-state index in [0.717, 1.165) is 19.4 Å². The molecular weight excluding hydrogens is 218 g/mol. The van der Waals surface area contributed by atoms with E-state index in [9.17, 15) is 9.59 Å². The van der Waals surface area contributed by atoms with Gasteiger partial charge in [0.1, 0.15) is 11.4 Å². The van der Waals surface area contributed by atoms with Crippen LogP contribution in [0.1, 0.15) is 40.7 Å². The number of primary amides is 1. The minimum absolute atomic E-state index is 0.127. The molecule has 2 N–H and O–H groups in total. The summed E-state index contributed by atoms with van der Waals surface area (Å²) in [7, 11) is 0. The molecule has 0 bridgehead atoms. The molecule has 0 spiro atoms. The Balaban J connectivity index is 2.24. The van der Waals surface area contributed by atoms with Crippen LogP contribution in [0.2, 0.25) is 0 Å². The number of amides is 2. The normalized spacial score (nSPS) is 19.4. The van der Waals surface area contributed by atoms with Crippen molar-refractivity contribution in [2.75, 3.05) is 6.54 Å². The van der Waals surface area contributed by atoms with E-state index < -0.39 is 5.91 Å². The lowest BCUT2D eigenvalue weighted by molar-refractivity contribution is 0.0741. The first-order valence-corrected chi connectivity index (χ1v) is 5.67. The number of aromatic nitrogens is 1. The highest BCUT2D eigenvalue weighted by Crippen LogP contribution is 2.18. The highest BCUT2D eigenvalue weighted by Gasteiger charge is 2.26. The minimum atomic E-state index is -0.617. The Morgan fingerprint density at radius 3 is 2.71 bits per heavy atom. The molecular formula is C12H15N3O2. The number of hydrogen-bond donors (Lipinski definition) is 1. The molecule has 0 saturated carbocycles. The summed E-state index contributed by atoms with van der Waals surface area (Å²) >= 11 is 0. The van der Waals surface area contributed by atoms with Crippen LogP contribution in [0.5, 0.6) is 0 Å². The Bertz CT molecular complexity index is 459. The molecule has 5 heteroatoms. The van der Waals surface area contributed by atoms with Crippen LogP contribution in [0.3, 0.4) is 0 Å². The van der Waals surface area contributed by atoms with Gasteiger partial charge in [-0.1, -0.05) is 6.07 Å². The van der Waals surface area contributed by atoms with Crippen LogP contribution < -0.4 is 5.73 Å². The summed E-state index contributed by atoms with van der Waals surface area (Å²) in [5.41, 5.74) is 5.55. The van der Waals surface area contributed by atoms with Crippen molar-refractivity contribution in [1.82, 2.24) is 9.88 Å². The molecule has 1 aromatic heterocycles. The van der Waals surface area contributed by atoms with Gasteiger partial charge in [-0.25, -0.2) is 4.98 Å². The van der Waals surface area contributed by atoms with Crippen LogP contribution >= 0.6 is 0 Å². The Hall–Kier alpha value is -1.91. The minimum Gasteiger partial charge on any atom is -0.364 e. The number of likely N-dealkylation sites (tertiary alicyclic amines) is 1. The zero-order chi connectivity index (χ0) is 12.4. The largest absolute Gasteiger partial charge is 0.364 e. The number of rotatable bonds is 2. The first-order valence-electron chi connectivity index (χ1n) is 5.67. The quantitative estimate of drug-likeness (QED) is 0.821. The molecule has 2 amide bonds. The molecule has 90 valence electrons. The highest BCUT2D eigenvalue weighted by atomic mass is 16.2. The molecule has 2 heterocycles. The maximum Gasteiger partial charge on any atom is 0.272 e. The van der Waals surface area contributed by atoms with Gasteiger partial charge in [0, 0.05) is 12.6 Å². The second-order valence-electron chi connectivity index (χ2n) is 4.26. The second-order valence-corrected chi connectivity index (χ2v) is 4.26. The zero-order valence-electron chi connectivity index (χ0n) is 9.72. The molecule has 1 aliphatic rings. The molecule has 0 aliphatic carbocycles. The second kappa shape index (κ2) is 4.53. The zero-order valence-corrected chi connectivity index (χ0v) is 9.72. The molecule has 1 atom stereocenters. The summed E-state index contributed by atoms with van der Waals surface area (Å²) < 4.78 is 0. The molecule has 0 aromatic carbocycles. The van der Waals surface area contributed by atoms with Crippen molar-refractivity contribution in [3.05, 3.63) is 29.6 Å². The van der Waals surface area contributed by atoms with E-state index in [4.69, 9.17) is 5.73 Å². The van der Waals surface area contributed by atoms with E-state index >= 15 is 0 Å². The van der Waals surface area contributed by atoms with Gasteiger partial charge in [-0.15, -0.1) is 0 Å². The Morgan fingerprint density at radius 2 is 2.12 bits per heavy atom. The van der Waals surface area contributed by atoms with Gasteiger partial charge in [-0.3, -0.25) is 9.59 Å². The van der Waals surface area contributed by atoms with Gasteiger partial charge >= 0.3 is 0 Å². The third-order valence-corrected chi connectivity index (χ3v) is 3.03. The fraction of sp³-hybridized carbons (Fsp3) is 0.417. The SMILES string of the molecule is CC1CCCN1C(=O)c1cccc(C(N)=O)n1. The van der Waals surface area contributed by atoms with Gasteiger partial charge in [-0.05, 0) is 31.9 Å². The van der Waals surface area contributed by atoms with E-state index in [1.54, 1.807) is 17.0 Å². The lowest BCUT2D eigenvalue weighted by Crippen LogP contribution is -2.34. The van der Waals surface area contributed by atoms with Crippen molar-refractivity contribution in [3.63, 3.8) is 0 Å². The maximum atomic E-state index is 12.1. The summed E-state index contributed by atoms with van der Waals surface area (Å²) in [5.74, 6) is -0.743. The van der Waals surface area contributed by atoms with Crippen molar-refractivity contribution < 1.29 is 9.59 Å². The molecule has 1 fully saturated rings. The molecule has 1 saturated heterocycles. The van der Waals surface area contributed by atoms with E-state index in [0.29, 0.717) is 0 Å². The summed E-state index contributed by atoms with van der Waals surface area (Å²) in [6, 6.07) is 4.98. The van der Waals surface area contributed by atoms with Gasteiger partial charge in [0.05, 0.1) is 0 Å². The topological polar surface area (TPSA) is 76.3 Å². The highest BCUT2D eigenvalue weighted by molar-refractivity contribution is 5.95. The Morgan fingerprint density at radius 1 is 1.41 bits per heavy atom. The fourth-order valence-electron chi connectivity index (χ4n) is 2.07. The van der Waals surface area contributed by atoms with Crippen LogP contribution in [-0.4, -0.2) is 34.3 Å². The summed E-state index contributed by atoms with van der Waals surface area (Å²) in [6.07, 6.45) is 2.03. The van der Waals surface area contributed by atoms with Crippen molar-refractivity contribution in [2.45, 2.75) is 25.8 Å². The number of nitrogens with two attached hydrogens (primary N) is 1. The van der Waals surface area contributed by atoms with Crippen molar-refractivity contribution in [3.8, 4) is 0 Å². The predicted octanol–water partition coefficient (Wildman–Crippen LogP) is 0.805. The Kier molecular flexibility index (Phi) is 3.08. The standard InChI is InChI=1S/C12H15N3O2/c1-8-4-3-7-15(8)12(17)10-6-2-5-9(14-10)11(13)16/h2,5-6,8H,3-4,7H2,1H3,(H2,13,16). The van der Waals surface area contributed by atoms with Crippen LogP contribution in [-0.2, 0) is 0 Å². The molecule has 1 unspecified atom stereocenters. The first kappa shape index (κ1) is 11.6. The predicted molar refractivity (Wildman–Crippen MR) is 62.5 cm³/mol. The van der Waals surface area contributed by atoms with Crippen LogP contribution in [0.25, 0.3) is 0 Å². The molecule has 17 heavy (non-hydrogen) atoms. The average Bonchev–Trinajstić information content (AvgIpc) is 2.74. The van der Waals surface area contributed by atoms with Crippen molar-refractivity contribution in [2.24, 2.45) is 5.73 Å². The maximum absolute atomic E-state index is 12.1. The summed E-state index contributed by atoms with van der Waals surface area (Å²) in [4.78, 5) is 28.9. The lowest BCUT2D eigenvalue weighted by Gasteiger charge is -2.20. The molecule has 1 aliphatic heterocycles. The molecule has 5 nitrogen and oxygen atoms in total. The van der Waals surface area contributed by atoms with Gasteiger partial charge in [-0.2, -0.15) is 0 Å². The van der Waals surface area contributed by atoms with Crippen LogP contribution in [0.4, 0.5) is 0 Å². The van der Waals surface area contributed by atoms with Gasteiger partial charge in [0.2, 0.25) is 0 Å². The third-order valence-electron chi connectivity index (χ3n) is 3.03. The summed E-state index contributed by atoms with van der Waals surface area (Å²) in [5, 5.41) is 0. The van der Waals surface area contributed by atoms with Crippen LogP contribution in [0, 0.1) is 0 Å². The average molecular weight is 233 g/mol. The number of pyridine rings is 1. The van der Waals surface area contributed by atoms with Gasteiger partial charge < -0.3 is 10.6 Å². The molecule has 2 rings (SSSR count). The smallest absolute Gasteiger partial charge is 0.272 e. The van der Waals surface area contributed by atoms with Gasteiger partial charge in [0.25, 0.3) is 11.8 Å². The van der Waals surface area contributed by atoms with Crippen molar-refractivity contribution in [1.29, 1.82) is 0 Å². The fourth-order valence-corrected chi connectivity index (χ4v) is 2.07. The third kappa shape index (κ3) is 2.27. The molecule has 1 aromatic rings. The van der Waals surface area contributed by atoms with Crippen LogP contribution in [0.15, 0.2) is 18.2 Å². The van der Waals surface area contributed by atoms with E-state index in [-0.39, 0.29) is 23.3 Å².